The van der Waals surface area contributed by atoms with Crippen LogP contribution in [0, 0.1) is 0 Å². The van der Waals surface area contributed by atoms with Crippen molar-refractivity contribution >= 4 is 33.2 Å². The highest BCUT2D eigenvalue weighted by Gasteiger charge is 2.19. The number of rotatable bonds is 4. The van der Waals surface area contributed by atoms with E-state index in [0.29, 0.717) is 0 Å². The summed E-state index contributed by atoms with van der Waals surface area (Å²) in [5.74, 6) is 0. The van der Waals surface area contributed by atoms with E-state index in [9.17, 15) is 0 Å². The molecular formula is C17H13ClN4S. The van der Waals surface area contributed by atoms with Gasteiger partial charge in [0, 0.05) is 11.4 Å². The van der Waals surface area contributed by atoms with Crippen molar-refractivity contribution in [3.05, 3.63) is 76.8 Å². The van der Waals surface area contributed by atoms with Crippen molar-refractivity contribution in [2.24, 2.45) is 0 Å². The van der Waals surface area contributed by atoms with Gasteiger partial charge < -0.3 is 0 Å². The van der Waals surface area contributed by atoms with Crippen LogP contribution in [0.3, 0.4) is 0 Å². The zero-order chi connectivity index (χ0) is 15.6. The fourth-order valence-corrected chi connectivity index (χ4v) is 3.74. The average molecular weight is 341 g/mol. The van der Waals surface area contributed by atoms with E-state index in [1.807, 2.05) is 47.1 Å². The molecule has 0 aliphatic rings. The molecule has 6 heteroatoms. The molecular weight excluding hydrogens is 328 g/mol. The fourth-order valence-electron chi connectivity index (χ4n) is 2.55. The van der Waals surface area contributed by atoms with Gasteiger partial charge in [0.2, 0.25) is 0 Å². The van der Waals surface area contributed by atoms with Gasteiger partial charge in [-0.3, -0.25) is 0 Å². The molecule has 4 rings (SSSR count). The minimum atomic E-state index is 0.0241. The summed E-state index contributed by atoms with van der Waals surface area (Å²) < 4.78 is 3.05. The summed E-state index contributed by atoms with van der Waals surface area (Å²) in [6.45, 7) is 0. The van der Waals surface area contributed by atoms with Gasteiger partial charge in [0.05, 0.1) is 10.2 Å². The maximum atomic E-state index is 5.98. The molecule has 0 spiro atoms. The lowest BCUT2D eigenvalue weighted by Crippen LogP contribution is -2.14. The first kappa shape index (κ1) is 14.4. The van der Waals surface area contributed by atoms with Crippen LogP contribution in [0.25, 0.3) is 10.2 Å². The Morgan fingerprint density at radius 2 is 1.91 bits per heavy atom. The SMILES string of the molecule is Clc1ccc(CC(c2nc3ccccc3s2)n2cncn2)cc1. The largest absolute Gasteiger partial charge is 0.243 e. The predicted octanol–water partition coefficient (Wildman–Crippen LogP) is 4.37. The number of para-hydroxylation sites is 1. The smallest absolute Gasteiger partial charge is 0.137 e. The maximum absolute atomic E-state index is 5.98. The third-order valence-electron chi connectivity index (χ3n) is 3.69. The van der Waals surface area contributed by atoms with Crippen molar-refractivity contribution in [3.8, 4) is 0 Å². The Balaban J connectivity index is 1.74. The maximum Gasteiger partial charge on any atom is 0.137 e. The highest BCUT2D eigenvalue weighted by atomic mass is 35.5. The van der Waals surface area contributed by atoms with Gasteiger partial charge in [-0.05, 0) is 29.8 Å². The van der Waals surface area contributed by atoms with Crippen LogP contribution in [-0.2, 0) is 6.42 Å². The summed E-state index contributed by atoms with van der Waals surface area (Å²) in [7, 11) is 0. The van der Waals surface area contributed by atoms with Crippen LogP contribution in [0.15, 0.2) is 61.2 Å². The monoisotopic (exact) mass is 340 g/mol. The van der Waals surface area contributed by atoms with E-state index in [-0.39, 0.29) is 6.04 Å². The van der Waals surface area contributed by atoms with Gasteiger partial charge >= 0.3 is 0 Å². The first-order valence-electron chi connectivity index (χ1n) is 7.23. The van der Waals surface area contributed by atoms with Gasteiger partial charge in [-0.1, -0.05) is 35.9 Å². The molecule has 2 heterocycles. The minimum absolute atomic E-state index is 0.0241. The number of halogens is 1. The number of thiazole rings is 1. The van der Waals surface area contributed by atoms with Gasteiger partial charge in [-0.25, -0.2) is 14.6 Å². The van der Waals surface area contributed by atoms with E-state index in [4.69, 9.17) is 16.6 Å². The second kappa shape index (κ2) is 6.10. The van der Waals surface area contributed by atoms with Crippen molar-refractivity contribution < 1.29 is 0 Å². The molecule has 0 aliphatic carbocycles. The molecule has 114 valence electrons. The van der Waals surface area contributed by atoms with Crippen LogP contribution in [0.2, 0.25) is 5.02 Å². The molecule has 2 aromatic heterocycles. The van der Waals surface area contributed by atoms with Crippen molar-refractivity contribution in [2.45, 2.75) is 12.5 Å². The molecule has 0 N–H and O–H groups in total. The van der Waals surface area contributed by atoms with E-state index in [1.54, 1.807) is 24.0 Å². The molecule has 0 bridgehead atoms. The quantitative estimate of drug-likeness (QED) is 0.554. The first-order valence-corrected chi connectivity index (χ1v) is 8.43. The van der Waals surface area contributed by atoms with Crippen LogP contribution >= 0.6 is 22.9 Å². The van der Waals surface area contributed by atoms with E-state index >= 15 is 0 Å². The number of benzene rings is 2. The number of hydrogen-bond donors (Lipinski definition) is 0. The number of hydrogen-bond acceptors (Lipinski definition) is 4. The molecule has 4 nitrogen and oxygen atoms in total. The van der Waals surface area contributed by atoms with Crippen LogP contribution in [0.5, 0.6) is 0 Å². The van der Waals surface area contributed by atoms with Gasteiger partial charge in [0.15, 0.2) is 0 Å². The van der Waals surface area contributed by atoms with Gasteiger partial charge in [0.25, 0.3) is 0 Å². The first-order chi connectivity index (χ1) is 11.3. The zero-order valence-corrected chi connectivity index (χ0v) is 13.7. The Kier molecular flexibility index (Phi) is 3.81. The summed E-state index contributed by atoms with van der Waals surface area (Å²) in [6, 6.07) is 16.1. The van der Waals surface area contributed by atoms with E-state index in [2.05, 4.69) is 16.1 Å². The molecule has 0 aliphatic heterocycles. The normalized spacial score (nSPS) is 12.6. The van der Waals surface area contributed by atoms with Gasteiger partial charge in [-0.15, -0.1) is 11.3 Å². The Morgan fingerprint density at radius 3 is 2.65 bits per heavy atom. The van der Waals surface area contributed by atoms with Crippen LogP contribution in [0.4, 0.5) is 0 Å². The number of aromatic nitrogens is 4. The molecule has 1 unspecified atom stereocenters. The Bertz CT molecular complexity index is 882. The lowest BCUT2D eigenvalue weighted by molar-refractivity contribution is 0.517. The molecule has 1 atom stereocenters. The number of fused-ring (bicyclic) bond motifs is 1. The lowest BCUT2D eigenvalue weighted by Gasteiger charge is -2.14. The Labute approximate surface area is 142 Å². The van der Waals surface area contributed by atoms with E-state index in [0.717, 1.165) is 22.0 Å². The molecule has 23 heavy (non-hydrogen) atoms. The highest BCUT2D eigenvalue weighted by Crippen LogP contribution is 2.30. The van der Waals surface area contributed by atoms with Crippen molar-refractivity contribution in [1.82, 2.24) is 19.7 Å². The highest BCUT2D eigenvalue weighted by molar-refractivity contribution is 7.18. The third kappa shape index (κ3) is 2.98. The molecule has 0 fully saturated rings. The summed E-state index contributed by atoms with van der Waals surface area (Å²) in [5.41, 5.74) is 2.21. The second-order valence-corrected chi connectivity index (χ2v) is 6.74. The van der Waals surface area contributed by atoms with Crippen molar-refractivity contribution in [2.75, 3.05) is 0 Å². The Morgan fingerprint density at radius 1 is 1.09 bits per heavy atom. The topological polar surface area (TPSA) is 43.6 Å². The Hall–Kier alpha value is -2.24. The lowest BCUT2D eigenvalue weighted by atomic mass is 10.1. The van der Waals surface area contributed by atoms with Gasteiger partial charge in [-0.2, -0.15) is 5.10 Å². The van der Waals surface area contributed by atoms with Crippen LogP contribution in [-0.4, -0.2) is 19.7 Å². The number of nitrogens with zero attached hydrogens (tertiary/aromatic N) is 4. The molecule has 0 amide bonds. The van der Waals surface area contributed by atoms with Crippen molar-refractivity contribution in [1.29, 1.82) is 0 Å². The molecule has 0 saturated heterocycles. The van der Waals surface area contributed by atoms with Crippen molar-refractivity contribution in [3.63, 3.8) is 0 Å². The zero-order valence-electron chi connectivity index (χ0n) is 12.1. The summed E-state index contributed by atoms with van der Waals surface area (Å²) >= 11 is 7.68. The molecule has 4 aromatic rings. The molecule has 0 saturated carbocycles. The second-order valence-electron chi connectivity index (χ2n) is 5.24. The standard InChI is InChI=1S/C17H13ClN4S/c18-13-7-5-12(6-8-13)9-15(22-11-19-10-20-22)17-21-14-3-1-2-4-16(14)23-17/h1-8,10-11,15H,9H2. The fraction of sp³-hybridized carbons (Fsp3) is 0.118. The average Bonchev–Trinajstić information content (AvgIpc) is 3.23. The minimum Gasteiger partial charge on any atom is -0.243 e. The van der Waals surface area contributed by atoms with Gasteiger partial charge in [0.1, 0.15) is 23.7 Å². The molecule has 2 aromatic carbocycles. The predicted molar refractivity (Wildman–Crippen MR) is 92.9 cm³/mol. The molecule has 0 radical (unpaired) electrons. The van der Waals surface area contributed by atoms with E-state index in [1.165, 1.54) is 10.3 Å². The third-order valence-corrected chi connectivity index (χ3v) is 5.08. The summed E-state index contributed by atoms with van der Waals surface area (Å²) in [6.07, 6.45) is 4.09. The van der Waals surface area contributed by atoms with Crippen LogP contribution in [0.1, 0.15) is 16.6 Å². The van der Waals surface area contributed by atoms with Crippen LogP contribution < -0.4 is 0 Å². The summed E-state index contributed by atoms with van der Waals surface area (Å²) in [4.78, 5) is 8.87. The summed E-state index contributed by atoms with van der Waals surface area (Å²) in [5, 5.41) is 6.10. The van der Waals surface area contributed by atoms with E-state index < -0.39 is 0 Å².